The Morgan fingerprint density at radius 3 is 2.72 bits per heavy atom. The van der Waals surface area contributed by atoms with Gasteiger partial charge in [-0.1, -0.05) is 29.3 Å². The molecule has 18 heavy (non-hydrogen) atoms. The van der Waals surface area contributed by atoms with Gasteiger partial charge in [-0.15, -0.1) is 0 Å². The zero-order valence-corrected chi connectivity index (χ0v) is 10.9. The van der Waals surface area contributed by atoms with Crippen molar-refractivity contribution in [2.45, 2.75) is 19.3 Å². The highest BCUT2D eigenvalue weighted by Gasteiger charge is 2.21. The predicted molar refractivity (Wildman–Crippen MR) is 69.5 cm³/mol. The van der Waals surface area contributed by atoms with Gasteiger partial charge in [0, 0.05) is 11.3 Å². The molecule has 5 heteroatoms. The summed E-state index contributed by atoms with van der Waals surface area (Å²) in [4.78, 5) is 8.55. The second-order valence-corrected chi connectivity index (χ2v) is 4.98. The van der Waals surface area contributed by atoms with Gasteiger partial charge < -0.3 is 0 Å². The van der Waals surface area contributed by atoms with Crippen LogP contribution in [0.15, 0.2) is 18.2 Å². The molecule has 0 saturated carbocycles. The number of benzene rings is 1. The molecule has 0 spiro atoms. The Labute approximate surface area is 114 Å². The summed E-state index contributed by atoms with van der Waals surface area (Å²) in [5, 5.41) is 0.704. The van der Waals surface area contributed by atoms with E-state index in [2.05, 4.69) is 9.97 Å². The molecule has 1 aromatic carbocycles. The van der Waals surface area contributed by atoms with Crippen LogP contribution in [0.25, 0.3) is 11.4 Å². The van der Waals surface area contributed by atoms with E-state index in [0.717, 1.165) is 30.5 Å². The molecule has 2 nitrogen and oxygen atoms in total. The molecule has 0 saturated heterocycles. The van der Waals surface area contributed by atoms with E-state index in [1.165, 1.54) is 6.07 Å². The summed E-state index contributed by atoms with van der Waals surface area (Å²) in [5.41, 5.74) is 2.10. The number of fused-ring (bicyclic) bond motifs is 1. The van der Waals surface area contributed by atoms with Crippen LogP contribution in [0.1, 0.15) is 17.7 Å². The molecule has 2 aromatic rings. The second kappa shape index (κ2) is 4.48. The lowest BCUT2D eigenvalue weighted by atomic mass is 10.2. The van der Waals surface area contributed by atoms with E-state index < -0.39 is 5.82 Å². The molecule has 1 aliphatic carbocycles. The summed E-state index contributed by atoms with van der Waals surface area (Å²) in [6, 6.07) is 4.51. The quantitative estimate of drug-likeness (QED) is 0.737. The minimum absolute atomic E-state index is 0.218. The van der Waals surface area contributed by atoms with Crippen molar-refractivity contribution in [1.82, 2.24) is 9.97 Å². The zero-order valence-electron chi connectivity index (χ0n) is 9.38. The summed E-state index contributed by atoms with van der Waals surface area (Å²) in [5.74, 6) is -0.166. The molecule has 0 bridgehead atoms. The lowest BCUT2D eigenvalue weighted by Crippen LogP contribution is -1.99. The predicted octanol–water partition coefficient (Wildman–Crippen LogP) is 4.08. The Bertz CT molecular complexity index is 608. The van der Waals surface area contributed by atoms with Gasteiger partial charge in [0.2, 0.25) is 0 Å². The third-order valence-corrected chi connectivity index (χ3v) is 3.70. The van der Waals surface area contributed by atoms with Crippen molar-refractivity contribution >= 4 is 23.2 Å². The van der Waals surface area contributed by atoms with E-state index in [1.807, 2.05) is 0 Å². The molecule has 0 fully saturated rings. The summed E-state index contributed by atoms with van der Waals surface area (Å²) >= 11 is 12.1. The largest absolute Gasteiger partial charge is 0.233 e. The van der Waals surface area contributed by atoms with Gasteiger partial charge in [0.05, 0.1) is 10.6 Å². The second-order valence-electron chi connectivity index (χ2n) is 4.21. The highest BCUT2D eigenvalue weighted by atomic mass is 35.5. The van der Waals surface area contributed by atoms with Crippen LogP contribution >= 0.6 is 23.2 Å². The van der Waals surface area contributed by atoms with Crippen molar-refractivity contribution in [2.24, 2.45) is 0 Å². The van der Waals surface area contributed by atoms with Crippen molar-refractivity contribution in [2.75, 3.05) is 0 Å². The molecule has 92 valence electrons. The SMILES string of the molecule is Fc1cccc(Cl)c1-c1nc(Cl)c2c(n1)CCC2. The maximum absolute atomic E-state index is 13.8. The van der Waals surface area contributed by atoms with Gasteiger partial charge in [-0.25, -0.2) is 14.4 Å². The van der Waals surface area contributed by atoms with Crippen molar-refractivity contribution in [3.05, 3.63) is 45.4 Å². The first-order valence-electron chi connectivity index (χ1n) is 5.66. The van der Waals surface area contributed by atoms with Gasteiger partial charge in [0.25, 0.3) is 0 Å². The Morgan fingerprint density at radius 1 is 1.11 bits per heavy atom. The Kier molecular flexibility index (Phi) is 2.96. The third kappa shape index (κ3) is 1.88. The Balaban J connectivity index is 2.21. The van der Waals surface area contributed by atoms with Gasteiger partial charge in [-0.3, -0.25) is 0 Å². The van der Waals surface area contributed by atoms with Crippen molar-refractivity contribution in [3.8, 4) is 11.4 Å². The normalized spacial score (nSPS) is 13.7. The van der Waals surface area contributed by atoms with E-state index in [-0.39, 0.29) is 11.4 Å². The topological polar surface area (TPSA) is 25.8 Å². The summed E-state index contributed by atoms with van der Waals surface area (Å²) < 4.78 is 13.8. The van der Waals surface area contributed by atoms with Crippen LogP contribution in [-0.2, 0) is 12.8 Å². The lowest BCUT2D eigenvalue weighted by molar-refractivity contribution is 0.630. The fourth-order valence-electron chi connectivity index (χ4n) is 2.21. The highest BCUT2D eigenvalue weighted by Crippen LogP contribution is 2.32. The van der Waals surface area contributed by atoms with Gasteiger partial charge in [0.1, 0.15) is 11.0 Å². The van der Waals surface area contributed by atoms with Crippen molar-refractivity contribution in [3.63, 3.8) is 0 Å². The van der Waals surface area contributed by atoms with E-state index in [0.29, 0.717) is 10.2 Å². The van der Waals surface area contributed by atoms with Crippen LogP contribution in [0.3, 0.4) is 0 Å². The molecule has 0 amide bonds. The summed E-state index contributed by atoms with van der Waals surface area (Å²) in [6.45, 7) is 0. The lowest BCUT2D eigenvalue weighted by Gasteiger charge is -2.08. The molecular formula is C13H9Cl2FN2. The molecule has 0 atom stereocenters. The Morgan fingerprint density at radius 2 is 1.94 bits per heavy atom. The number of hydrogen-bond donors (Lipinski definition) is 0. The minimum atomic E-state index is -0.434. The van der Waals surface area contributed by atoms with Crippen LogP contribution in [0, 0.1) is 5.82 Å². The molecular weight excluding hydrogens is 274 g/mol. The first-order valence-corrected chi connectivity index (χ1v) is 6.42. The molecule has 0 unspecified atom stereocenters. The summed E-state index contributed by atoms with van der Waals surface area (Å²) in [7, 11) is 0. The monoisotopic (exact) mass is 282 g/mol. The van der Waals surface area contributed by atoms with Gasteiger partial charge in [-0.2, -0.15) is 0 Å². The molecule has 1 aromatic heterocycles. The number of halogens is 3. The highest BCUT2D eigenvalue weighted by molar-refractivity contribution is 6.33. The average Bonchev–Trinajstić information content (AvgIpc) is 2.77. The Hall–Kier alpha value is -1.19. The average molecular weight is 283 g/mol. The molecule has 0 radical (unpaired) electrons. The standard InChI is InChI=1S/C13H9Cl2FN2/c14-8-4-2-5-9(16)11(8)13-17-10-6-1-3-7(10)12(15)18-13/h2,4-5H,1,3,6H2. The van der Waals surface area contributed by atoms with E-state index in [1.54, 1.807) is 12.1 Å². The number of aryl methyl sites for hydroxylation is 1. The van der Waals surface area contributed by atoms with Crippen LogP contribution in [0.2, 0.25) is 10.2 Å². The van der Waals surface area contributed by atoms with Crippen molar-refractivity contribution in [1.29, 1.82) is 0 Å². The van der Waals surface area contributed by atoms with E-state index in [4.69, 9.17) is 23.2 Å². The number of aromatic nitrogens is 2. The van der Waals surface area contributed by atoms with Crippen LogP contribution in [-0.4, -0.2) is 9.97 Å². The number of nitrogens with zero attached hydrogens (tertiary/aromatic N) is 2. The zero-order chi connectivity index (χ0) is 12.7. The fourth-order valence-corrected chi connectivity index (χ4v) is 2.74. The van der Waals surface area contributed by atoms with Gasteiger partial charge in [-0.05, 0) is 31.4 Å². The van der Waals surface area contributed by atoms with E-state index in [9.17, 15) is 4.39 Å². The van der Waals surface area contributed by atoms with Crippen LogP contribution < -0.4 is 0 Å². The molecule has 1 heterocycles. The van der Waals surface area contributed by atoms with E-state index >= 15 is 0 Å². The molecule has 0 N–H and O–H groups in total. The molecule has 3 rings (SSSR count). The fraction of sp³-hybridized carbons (Fsp3) is 0.231. The summed E-state index contributed by atoms with van der Waals surface area (Å²) in [6.07, 6.45) is 2.76. The molecule has 1 aliphatic rings. The maximum Gasteiger partial charge on any atom is 0.165 e. The first-order chi connectivity index (χ1) is 8.66. The first kappa shape index (κ1) is 11.9. The number of rotatable bonds is 1. The van der Waals surface area contributed by atoms with Crippen LogP contribution in [0.5, 0.6) is 0 Å². The van der Waals surface area contributed by atoms with Crippen LogP contribution in [0.4, 0.5) is 4.39 Å². The van der Waals surface area contributed by atoms with Gasteiger partial charge in [0.15, 0.2) is 5.82 Å². The maximum atomic E-state index is 13.8. The van der Waals surface area contributed by atoms with Crippen molar-refractivity contribution < 1.29 is 4.39 Å². The third-order valence-electron chi connectivity index (χ3n) is 3.07. The minimum Gasteiger partial charge on any atom is -0.233 e. The molecule has 0 aliphatic heterocycles. The van der Waals surface area contributed by atoms with Gasteiger partial charge >= 0.3 is 0 Å². The number of hydrogen-bond acceptors (Lipinski definition) is 2. The smallest absolute Gasteiger partial charge is 0.165 e.